The summed E-state index contributed by atoms with van der Waals surface area (Å²) in [5, 5.41) is 13.3. The van der Waals surface area contributed by atoms with Crippen LogP contribution in [0, 0.1) is 17.3 Å². The van der Waals surface area contributed by atoms with E-state index in [0.29, 0.717) is 24.3 Å². The van der Waals surface area contributed by atoms with E-state index in [1.165, 1.54) is 89.9 Å². The molecule has 0 bridgehead atoms. The number of ether oxygens (including phenoxy) is 2. The Hall–Kier alpha value is -2.19. The maximum atomic E-state index is 14.0. The predicted octanol–water partition coefficient (Wildman–Crippen LogP) is 10.9. The minimum atomic E-state index is -0.911. The molecule has 51 heavy (non-hydrogen) atoms. The maximum absolute atomic E-state index is 14.0. The Morgan fingerprint density at radius 3 is 2.08 bits per heavy atom. The van der Waals surface area contributed by atoms with E-state index in [4.69, 9.17) is 9.47 Å². The van der Waals surface area contributed by atoms with Crippen molar-refractivity contribution in [3.8, 4) is 0 Å². The zero-order chi connectivity index (χ0) is 37.3. The summed E-state index contributed by atoms with van der Waals surface area (Å²) >= 11 is 0. The first-order chi connectivity index (χ1) is 24.3. The third-order valence-electron chi connectivity index (χ3n) is 11.5. The number of carboxylic acids is 1. The number of carbonyl (C=O) groups excluding carboxylic acids is 2. The van der Waals surface area contributed by atoms with Gasteiger partial charge in [0.25, 0.3) is 0 Å². The largest absolute Gasteiger partial charge is 0.481 e. The van der Waals surface area contributed by atoms with Crippen molar-refractivity contribution >= 4 is 17.7 Å². The van der Waals surface area contributed by atoms with Crippen molar-refractivity contribution in [3.05, 3.63) is 23.5 Å². The number of aromatic nitrogens is 1. The molecule has 5 unspecified atom stereocenters. The number of aliphatic carboxylic acids is 1. The molecular formula is C43H74N2O6. The van der Waals surface area contributed by atoms with Gasteiger partial charge in [-0.25, -0.2) is 0 Å². The molecule has 2 fully saturated rings. The fraction of sp³-hybridized carbons (Fsp3) is 0.837. The summed E-state index contributed by atoms with van der Waals surface area (Å²) in [5.41, 5.74) is 0.571. The van der Waals surface area contributed by atoms with Gasteiger partial charge in [-0.15, -0.1) is 0 Å². The summed E-state index contributed by atoms with van der Waals surface area (Å²) in [6.45, 7) is 12.6. The van der Waals surface area contributed by atoms with Gasteiger partial charge in [0.1, 0.15) is 6.10 Å². The molecule has 8 heteroatoms. The van der Waals surface area contributed by atoms with Gasteiger partial charge >= 0.3 is 5.97 Å². The zero-order valence-corrected chi connectivity index (χ0v) is 33.3. The highest BCUT2D eigenvalue weighted by atomic mass is 16.7. The molecular weight excluding hydrogens is 640 g/mol. The molecule has 0 aromatic carbocycles. The minimum Gasteiger partial charge on any atom is -0.481 e. The average molecular weight is 715 g/mol. The smallest absolute Gasteiger partial charge is 0.304 e. The van der Waals surface area contributed by atoms with Gasteiger partial charge in [-0.2, -0.15) is 0 Å². The third-order valence-corrected chi connectivity index (χ3v) is 11.5. The SMILES string of the molecule is CCCC(C)CCCCCCCCCCCCCCCC(=O)NC1CCCCC1C(CC(=O)O)c1[nH]ccc1C(=O)C1OC(C)(C)OCC1(C)C. The molecule has 8 nitrogen and oxygen atoms in total. The van der Waals surface area contributed by atoms with Crippen LogP contribution in [-0.2, 0) is 19.1 Å². The molecule has 1 aliphatic heterocycles. The van der Waals surface area contributed by atoms with E-state index in [1.54, 1.807) is 12.3 Å². The lowest BCUT2D eigenvalue weighted by molar-refractivity contribution is -0.298. The zero-order valence-electron chi connectivity index (χ0n) is 33.3. The fourth-order valence-electron chi connectivity index (χ4n) is 8.48. The second kappa shape index (κ2) is 22.1. The summed E-state index contributed by atoms with van der Waals surface area (Å²) < 4.78 is 12.0. The molecule has 0 radical (unpaired) electrons. The van der Waals surface area contributed by atoms with Crippen molar-refractivity contribution in [1.82, 2.24) is 10.3 Å². The molecule has 1 amide bonds. The fourth-order valence-corrected chi connectivity index (χ4v) is 8.48. The number of hydrogen-bond donors (Lipinski definition) is 3. The number of unbranched alkanes of at least 4 members (excludes halogenated alkanes) is 12. The Labute approximate surface area is 310 Å². The summed E-state index contributed by atoms with van der Waals surface area (Å²) in [7, 11) is 0. The molecule has 292 valence electrons. The van der Waals surface area contributed by atoms with Crippen LogP contribution in [0.3, 0.4) is 0 Å². The van der Waals surface area contributed by atoms with E-state index >= 15 is 0 Å². The molecule has 1 saturated carbocycles. The monoisotopic (exact) mass is 715 g/mol. The Morgan fingerprint density at radius 1 is 0.882 bits per heavy atom. The van der Waals surface area contributed by atoms with Crippen molar-refractivity contribution in [2.75, 3.05) is 6.61 Å². The molecule has 0 spiro atoms. The maximum Gasteiger partial charge on any atom is 0.304 e. The standard InChI is InChI=1S/C43H74N2O6/c1-7-23-32(2)24-19-17-15-13-11-9-8-10-12-14-16-18-20-27-37(46)45-36-26-22-21-25-33(36)35(30-38(47)48)39-34(28-29-44-39)40(49)41-42(3,4)31-50-43(5,6)51-41/h28-29,32-33,35-36,41,44H,7-27,30-31H2,1-6H3,(H,45,46)(H,47,48). The number of aromatic amines is 1. The van der Waals surface area contributed by atoms with Crippen LogP contribution in [0.1, 0.15) is 205 Å². The normalized spacial score (nSPS) is 22.7. The number of amides is 1. The topological polar surface area (TPSA) is 118 Å². The number of ketones is 1. The lowest BCUT2D eigenvalue weighted by Gasteiger charge is -2.45. The van der Waals surface area contributed by atoms with Crippen LogP contribution in [0.15, 0.2) is 12.3 Å². The lowest BCUT2D eigenvalue weighted by atomic mass is 9.72. The highest BCUT2D eigenvalue weighted by Crippen LogP contribution is 2.42. The highest BCUT2D eigenvalue weighted by molar-refractivity contribution is 6.01. The second-order valence-corrected chi connectivity index (χ2v) is 17.2. The average Bonchev–Trinajstić information content (AvgIpc) is 3.56. The van der Waals surface area contributed by atoms with Crippen molar-refractivity contribution in [1.29, 1.82) is 0 Å². The van der Waals surface area contributed by atoms with E-state index < -0.39 is 29.2 Å². The molecule has 1 aromatic heterocycles. The minimum absolute atomic E-state index is 0.0545. The van der Waals surface area contributed by atoms with Gasteiger partial charge in [-0.3, -0.25) is 14.4 Å². The molecule has 3 N–H and O–H groups in total. The van der Waals surface area contributed by atoms with E-state index in [2.05, 4.69) is 24.1 Å². The van der Waals surface area contributed by atoms with Crippen LogP contribution in [0.2, 0.25) is 0 Å². The van der Waals surface area contributed by atoms with Crippen LogP contribution in [0.25, 0.3) is 0 Å². The van der Waals surface area contributed by atoms with Crippen molar-refractivity contribution in [2.24, 2.45) is 17.3 Å². The summed E-state index contributed by atoms with van der Waals surface area (Å²) in [6.07, 6.45) is 25.7. The Bertz CT molecular complexity index is 1170. The third kappa shape index (κ3) is 15.0. The number of Topliss-reactive ketones (excluding diaryl/α,β-unsaturated/α-hetero) is 1. The molecule has 1 aliphatic carbocycles. The van der Waals surface area contributed by atoms with Gasteiger partial charge in [0, 0.05) is 41.2 Å². The highest BCUT2D eigenvalue weighted by Gasteiger charge is 2.47. The van der Waals surface area contributed by atoms with Crippen LogP contribution >= 0.6 is 0 Å². The Balaban J connectivity index is 1.40. The quantitative estimate of drug-likeness (QED) is 0.0685. The Kier molecular flexibility index (Phi) is 18.7. The number of carboxylic acid groups (broad SMARTS) is 1. The summed E-state index contributed by atoms with van der Waals surface area (Å²) in [5.74, 6) is -1.52. The van der Waals surface area contributed by atoms with E-state index in [1.807, 2.05) is 27.7 Å². The van der Waals surface area contributed by atoms with Gasteiger partial charge < -0.3 is 24.9 Å². The lowest BCUT2D eigenvalue weighted by Crippen LogP contribution is -2.53. The molecule has 1 aromatic rings. The number of carbonyl (C=O) groups is 3. The van der Waals surface area contributed by atoms with Gasteiger partial charge in [0.05, 0.1) is 13.0 Å². The van der Waals surface area contributed by atoms with Gasteiger partial charge in [-0.05, 0) is 51.0 Å². The van der Waals surface area contributed by atoms with Crippen molar-refractivity contribution < 1.29 is 29.0 Å². The van der Waals surface area contributed by atoms with Crippen molar-refractivity contribution in [3.63, 3.8) is 0 Å². The van der Waals surface area contributed by atoms with Crippen LogP contribution < -0.4 is 5.32 Å². The molecule has 3 rings (SSSR count). The van der Waals surface area contributed by atoms with E-state index in [9.17, 15) is 19.5 Å². The number of rotatable bonds is 25. The van der Waals surface area contributed by atoms with Crippen molar-refractivity contribution in [2.45, 2.75) is 207 Å². The number of H-pyrrole nitrogens is 1. The molecule has 5 atom stereocenters. The van der Waals surface area contributed by atoms with Gasteiger partial charge in [-0.1, -0.05) is 137 Å². The molecule has 2 heterocycles. The van der Waals surface area contributed by atoms with E-state index in [0.717, 1.165) is 44.4 Å². The first-order valence-corrected chi connectivity index (χ1v) is 20.9. The Morgan fingerprint density at radius 2 is 1.47 bits per heavy atom. The first kappa shape index (κ1) is 43.2. The van der Waals surface area contributed by atoms with E-state index in [-0.39, 0.29) is 30.1 Å². The number of hydrogen-bond acceptors (Lipinski definition) is 5. The molecule has 1 saturated heterocycles. The van der Waals surface area contributed by atoms with Gasteiger partial charge in [0.15, 0.2) is 11.6 Å². The second-order valence-electron chi connectivity index (χ2n) is 17.2. The van der Waals surface area contributed by atoms with Crippen LogP contribution in [0.4, 0.5) is 0 Å². The first-order valence-electron chi connectivity index (χ1n) is 20.9. The summed E-state index contributed by atoms with van der Waals surface area (Å²) in [4.78, 5) is 42.7. The summed E-state index contributed by atoms with van der Waals surface area (Å²) in [6, 6.07) is 1.63. The number of nitrogens with one attached hydrogen (secondary N) is 2. The predicted molar refractivity (Wildman–Crippen MR) is 206 cm³/mol. The van der Waals surface area contributed by atoms with Crippen LogP contribution in [-0.4, -0.2) is 52.3 Å². The van der Waals surface area contributed by atoms with Gasteiger partial charge in [0.2, 0.25) is 5.91 Å². The van der Waals surface area contributed by atoms with Crippen LogP contribution in [0.5, 0.6) is 0 Å². The molecule has 2 aliphatic rings.